The molecule has 0 saturated heterocycles. The van der Waals surface area contributed by atoms with Crippen LogP contribution < -0.4 is 14.2 Å². The van der Waals surface area contributed by atoms with E-state index in [1.807, 2.05) is 36.4 Å². The lowest BCUT2D eigenvalue weighted by Gasteiger charge is -2.29. The summed E-state index contributed by atoms with van der Waals surface area (Å²) >= 11 is 0. The van der Waals surface area contributed by atoms with E-state index in [1.165, 1.54) is 11.1 Å². The van der Waals surface area contributed by atoms with E-state index in [2.05, 4.69) is 15.7 Å². The van der Waals surface area contributed by atoms with Gasteiger partial charge < -0.3 is 13.9 Å². The molecule has 2 heterocycles. The maximum Gasteiger partial charge on any atom is 0.240 e. The number of rotatable bonds is 8. The van der Waals surface area contributed by atoms with Crippen LogP contribution in [-0.4, -0.2) is 47.2 Å². The zero-order chi connectivity index (χ0) is 23.7. The number of methoxy groups -OCH3 is 2. The van der Waals surface area contributed by atoms with Gasteiger partial charge in [-0.15, -0.1) is 0 Å². The van der Waals surface area contributed by atoms with Gasteiger partial charge in [0.15, 0.2) is 11.5 Å². The fourth-order valence-corrected chi connectivity index (χ4v) is 5.69. The van der Waals surface area contributed by atoms with Gasteiger partial charge in [0, 0.05) is 36.5 Å². The molecular formula is C26H28N2O5S. The molecule has 0 amide bonds. The summed E-state index contributed by atoms with van der Waals surface area (Å²) < 4.78 is 45.1. The summed E-state index contributed by atoms with van der Waals surface area (Å²) in [6, 6.07) is 16.8. The minimum absolute atomic E-state index is 0.215. The lowest BCUT2D eigenvalue weighted by Crippen LogP contribution is -2.33. The second-order valence-corrected chi connectivity index (χ2v) is 10.3. The molecule has 8 heteroatoms. The van der Waals surface area contributed by atoms with Crippen LogP contribution in [0.15, 0.2) is 63.9 Å². The Bertz CT molecular complexity index is 1440. The second-order valence-electron chi connectivity index (χ2n) is 8.51. The first-order valence-corrected chi connectivity index (χ1v) is 12.8. The number of hydrogen-bond donors (Lipinski definition) is 1. The van der Waals surface area contributed by atoms with E-state index in [9.17, 15) is 8.42 Å². The summed E-state index contributed by atoms with van der Waals surface area (Å²) in [6.45, 7) is 2.91. The Balaban J connectivity index is 1.19. The van der Waals surface area contributed by atoms with Crippen molar-refractivity contribution in [1.29, 1.82) is 0 Å². The highest BCUT2D eigenvalue weighted by Crippen LogP contribution is 2.33. The molecular weight excluding hydrogens is 452 g/mol. The van der Waals surface area contributed by atoms with Crippen LogP contribution in [0.4, 0.5) is 0 Å². The lowest BCUT2D eigenvalue weighted by molar-refractivity contribution is 0.250. The Hall–Kier alpha value is -3.07. The molecule has 0 fully saturated rings. The first-order valence-electron chi connectivity index (χ1n) is 11.4. The predicted molar refractivity (Wildman–Crippen MR) is 132 cm³/mol. The molecule has 178 valence electrons. The Labute approximate surface area is 199 Å². The number of nitrogens with one attached hydrogen (secondary N) is 1. The van der Waals surface area contributed by atoms with E-state index in [4.69, 9.17) is 13.9 Å². The van der Waals surface area contributed by atoms with Crippen molar-refractivity contribution in [3.8, 4) is 11.5 Å². The van der Waals surface area contributed by atoms with Gasteiger partial charge in [-0.05, 0) is 60.8 Å². The summed E-state index contributed by atoms with van der Waals surface area (Å²) in [7, 11) is -0.327. The number of benzene rings is 3. The number of sulfonamides is 1. The third-order valence-electron chi connectivity index (χ3n) is 6.40. The molecule has 1 aliphatic rings. The number of para-hydroxylation sites is 1. The molecule has 0 radical (unpaired) electrons. The zero-order valence-electron chi connectivity index (χ0n) is 19.3. The van der Waals surface area contributed by atoms with Crippen molar-refractivity contribution in [3.05, 3.63) is 65.7 Å². The normalized spacial score (nSPS) is 14.4. The zero-order valence-corrected chi connectivity index (χ0v) is 20.2. The van der Waals surface area contributed by atoms with Crippen molar-refractivity contribution in [2.45, 2.75) is 24.3 Å². The molecule has 0 atom stereocenters. The van der Waals surface area contributed by atoms with Crippen LogP contribution >= 0.6 is 0 Å². The largest absolute Gasteiger partial charge is 0.493 e. The summed E-state index contributed by atoms with van der Waals surface area (Å²) in [5, 5.41) is 1.89. The van der Waals surface area contributed by atoms with Gasteiger partial charge in [0.2, 0.25) is 10.0 Å². The quantitative estimate of drug-likeness (QED) is 0.378. The Morgan fingerprint density at radius 3 is 2.47 bits per heavy atom. The van der Waals surface area contributed by atoms with Crippen molar-refractivity contribution in [2.24, 2.45) is 0 Å². The van der Waals surface area contributed by atoms with E-state index < -0.39 is 10.0 Å². The van der Waals surface area contributed by atoms with Crippen LogP contribution in [0.1, 0.15) is 17.5 Å². The van der Waals surface area contributed by atoms with Crippen LogP contribution in [0.25, 0.3) is 21.9 Å². The van der Waals surface area contributed by atoms with E-state index in [-0.39, 0.29) is 4.90 Å². The third-order valence-corrected chi connectivity index (χ3v) is 7.86. The molecule has 0 spiro atoms. The van der Waals surface area contributed by atoms with Gasteiger partial charge in [0.25, 0.3) is 0 Å². The predicted octanol–water partition coefficient (Wildman–Crippen LogP) is 4.33. The summed E-state index contributed by atoms with van der Waals surface area (Å²) in [5.74, 6) is 1.49. The van der Waals surface area contributed by atoms with Crippen LogP contribution in [-0.2, 0) is 23.0 Å². The number of furan rings is 1. The standard InChI is InChI=1S/C26H28N2O5S/c1-31-25-14-18-10-13-28(17-19(18)15-26(25)32-2)12-5-11-27-34(29,30)20-8-9-22-21-6-3-4-7-23(21)33-24(22)16-20/h3-4,6-9,14-16,27H,5,10-13,17H2,1-2H3. The molecule has 5 rings (SSSR count). The third kappa shape index (κ3) is 4.36. The molecule has 1 aliphatic heterocycles. The van der Waals surface area contributed by atoms with Gasteiger partial charge in [0.1, 0.15) is 11.2 Å². The molecule has 4 aromatic rings. The van der Waals surface area contributed by atoms with Crippen molar-refractivity contribution < 1.29 is 22.3 Å². The topological polar surface area (TPSA) is 81.0 Å². The van der Waals surface area contributed by atoms with Crippen molar-refractivity contribution in [1.82, 2.24) is 9.62 Å². The maximum atomic E-state index is 12.8. The van der Waals surface area contributed by atoms with Crippen molar-refractivity contribution in [3.63, 3.8) is 0 Å². The summed E-state index contributed by atoms with van der Waals surface area (Å²) in [6.07, 6.45) is 1.65. The highest BCUT2D eigenvalue weighted by atomic mass is 32.2. The average molecular weight is 481 g/mol. The van der Waals surface area contributed by atoms with Crippen LogP contribution in [0.3, 0.4) is 0 Å². The van der Waals surface area contributed by atoms with Gasteiger partial charge in [-0.3, -0.25) is 4.90 Å². The lowest BCUT2D eigenvalue weighted by atomic mass is 9.98. The molecule has 0 bridgehead atoms. The molecule has 34 heavy (non-hydrogen) atoms. The molecule has 7 nitrogen and oxygen atoms in total. The fraction of sp³-hybridized carbons (Fsp3) is 0.308. The molecule has 0 aliphatic carbocycles. The summed E-state index contributed by atoms with van der Waals surface area (Å²) in [5.41, 5.74) is 3.82. The van der Waals surface area contributed by atoms with Gasteiger partial charge in [0.05, 0.1) is 19.1 Å². The average Bonchev–Trinajstić information content (AvgIpc) is 3.23. The minimum Gasteiger partial charge on any atom is -0.493 e. The maximum absolute atomic E-state index is 12.8. The van der Waals surface area contributed by atoms with Crippen molar-refractivity contribution >= 4 is 32.0 Å². The van der Waals surface area contributed by atoms with Crippen LogP contribution in [0.2, 0.25) is 0 Å². The van der Waals surface area contributed by atoms with Crippen LogP contribution in [0.5, 0.6) is 11.5 Å². The Morgan fingerprint density at radius 2 is 1.68 bits per heavy atom. The van der Waals surface area contributed by atoms with Crippen molar-refractivity contribution in [2.75, 3.05) is 33.9 Å². The fourth-order valence-electron chi connectivity index (χ4n) is 4.60. The number of ether oxygens (including phenoxy) is 2. The van der Waals surface area contributed by atoms with E-state index in [0.717, 1.165) is 53.9 Å². The Kier molecular flexibility index (Phi) is 6.20. The number of hydrogen-bond acceptors (Lipinski definition) is 6. The second kappa shape index (κ2) is 9.29. The molecule has 0 unspecified atom stereocenters. The minimum atomic E-state index is -3.62. The van der Waals surface area contributed by atoms with E-state index in [0.29, 0.717) is 18.5 Å². The molecule has 1 aromatic heterocycles. The van der Waals surface area contributed by atoms with Gasteiger partial charge in [-0.1, -0.05) is 18.2 Å². The molecule has 3 aromatic carbocycles. The smallest absolute Gasteiger partial charge is 0.240 e. The highest BCUT2D eigenvalue weighted by Gasteiger charge is 2.20. The van der Waals surface area contributed by atoms with E-state index >= 15 is 0 Å². The van der Waals surface area contributed by atoms with E-state index in [1.54, 1.807) is 26.4 Å². The Morgan fingerprint density at radius 1 is 0.941 bits per heavy atom. The summed E-state index contributed by atoms with van der Waals surface area (Å²) in [4.78, 5) is 2.55. The van der Waals surface area contributed by atoms with Crippen LogP contribution in [0, 0.1) is 0 Å². The first-order chi connectivity index (χ1) is 16.5. The number of fused-ring (bicyclic) bond motifs is 4. The highest BCUT2D eigenvalue weighted by molar-refractivity contribution is 7.89. The molecule has 0 saturated carbocycles. The van der Waals surface area contributed by atoms with Gasteiger partial charge in [-0.2, -0.15) is 0 Å². The SMILES string of the molecule is COc1cc2c(cc1OC)CN(CCCNS(=O)(=O)c1ccc3c(c1)oc1ccccc13)CC2. The molecule has 1 N–H and O–H groups in total. The van der Waals surface area contributed by atoms with Gasteiger partial charge >= 0.3 is 0 Å². The number of nitrogens with zero attached hydrogens (tertiary/aromatic N) is 1. The first kappa shape index (κ1) is 22.7. The van der Waals surface area contributed by atoms with Gasteiger partial charge in [-0.25, -0.2) is 13.1 Å². The monoisotopic (exact) mass is 480 g/mol.